The zero-order valence-corrected chi connectivity index (χ0v) is 20.7. The van der Waals surface area contributed by atoms with Crippen molar-refractivity contribution in [2.24, 2.45) is 11.8 Å². The van der Waals surface area contributed by atoms with E-state index < -0.39 is 29.4 Å². The van der Waals surface area contributed by atoms with Gasteiger partial charge in [-0.3, -0.25) is 0 Å². The van der Waals surface area contributed by atoms with Gasteiger partial charge in [0.1, 0.15) is 19.3 Å². The summed E-state index contributed by atoms with van der Waals surface area (Å²) in [6.07, 6.45) is -2.37. The second-order valence-corrected chi connectivity index (χ2v) is 9.68. The molecule has 8 nitrogen and oxygen atoms in total. The summed E-state index contributed by atoms with van der Waals surface area (Å²) in [5, 5.41) is 15.1. The fourth-order valence-electron chi connectivity index (χ4n) is 3.50. The molecule has 186 valence electrons. The minimum absolute atomic E-state index is 0.0883. The molecular weight excluding hydrogens is 434 g/mol. The molecule has 2 amide bonds. The Morgan fingerprint density at radius 3 is 2.00 bits per heavy atom. The Morgan fingerprint density at radius 2 is 1.50 bits per heavy atom. The van der Waals surface area contributed by atoms with Gasteiger partial charge in [-0.25, -0.2) is 20.4 Å². The van der Waals surface area contributed by atoms with Crippen molar-refractivity contribution in [1.82, 2.24) is 10.3 Å². The summed E-state index contributed by atoms with van der Waals surface area (Å²) < 4.78 is 10.7. The topological polar surface area (TPSA) is 114 Å². The van der Waals surface area contributed by atoms with Crippen LogP contribution >= 0.6 is 0 Å². The SMILES string of the molecule is CC(C)[C@](Cc1ccccc1)(NC(=O)OCc1ccccc1)[C@H](O)COC(=O)N(N)C(C)(C)C. The Balaban J connectivity index is 2.22. The average molecular weight is 472 g/mol. The van der Waals surface area contributed by atoms with Gasteiger partial charge < -0.3 is 19.9 Å². The predicted molar refractivity (Wildman–Crippen MR) is 131 cm³/mol. The van der Waals surface area contributed by atoms with E-state index >= 15 is 0 Å². The lowest BCUT2D eigenvalue weighted by atomic mass is 9.76. The minimum Gasteiger partial charge on any atom is -0.446 e. The van der Waals surface area contributed by atoms with E-state index in [-0.39, 0.29) is 19.1 Å². The number of nitrogens with zero attached hydrogens (tertiary/aromatic N) is 1. The van der Waals surface area contributed by atoms with Gasteiger partial charge in [-0.2, -0.15) is 0 Å². The molecule has 2 aromatic carbocycles. The molecule has 0 fully saturated rings. The van der Waals surface area contributed by atoms with E-state index in [1.165, 1.54) is 0 Å². The molecule has 0 saturated carbocycles. The van der Waals surface area contributed by atoms with E-state index in [1.807, 2.05) is 74.5 Å². The van der Waals surface area contributed by atoms with Crippen LogP contribution in [0.4, 0.5) is 9.59 Å². The standard InChI is InChI=1S/C26H37N3O5/c1-19(2)26(16-20-12-8-6-9-13-20,22(30)18-34-24(32)29(27)25(3,4)5)28-23(31)33-17-21-14-10-7-11-15-21/h6-15,19,22,30H,16-18,27H2,1-5H3,(H,28,31)/t22-,26+/m1/s1. The van der Waals surface area contributed by atoms with Crippen molar-refractivity contribution in [3.63, 3.8) is 0 Å². The zero-order valence-electron chi connectivity index (χ0n) is 20.7. The Morgan fingerprint density at radius 1 is 0.971 bits per heavy atom. The lowest BCUT2D eigenvalue weighted by Gasteiger charge is -2.42. The highest BCUT2D eigenvalue weighted by molar-refractivity contribution is 5.69. The number of nitrogens with two attached hydrogens (primary N) is 1. The van der Waals surface area contributed by atoms with Crippen LogP contribution in [0.5, 0.6) is 0 Å². The molecule has 0 heterocycles. The van der Waals surface area contributed by atoms with Crippen LogP contribution in [0.15, 0.2) is 60.7 Å². The molecule has 0 spiro atoms. The van der Waals surface area contributed by atoms with Crippen molar-refractivity contribution >= 4 is 12.2 Å². The molecule has 0 aliphatic carbocycles. The van der Waals surface area contributed by atoms with Crippen molar-refractivity contribution in [1.29, 1.82) is 0 Å². The first kappa shape index (κ1) is 27.1. The Labute approximate surface area is 202 Å². The summed E-state index contributed by atoms with van der Waals surface area (Å²) in [7, 11) is 0. The monoisotopic (exact) mass is 471 g/mol. The third-order valence-electron chi connectivity index (χ3n) is 5.80. The van der Waals surface area contributed by atoms with Gasteiger partial charge in [0, 0.05) is 0 Å². The smallest absolute Gasteiger partial charge is 0.424 e. The van der Waals surface area contributed by atoms with Gasteiger partial charge >= 0.3 is 12.2 Å². The highest BCUT2D eigenvalue weighted by Crippen LogP contribution is 2.28. The molecular formula is C26H37N3O5. The fraction of sp³-hybridized carbons (Fsp3) is 0.462. The van der Waals surface area contributed by atoms with Crippen LogP contribution in [0.1, 0.15) is 45.7 Å². The van der Waals surface area contributed by atoms with Crippen molar-refractivity contribution in [3.8, 4) is 0 Å². The number of hydrogen-bond donors (Lipinski definition) is 3. The van der Waals surface area contributed by atoms with Crippen LogP contribution in [-0.4, -0.2) is 46.1 Å². The van der Waals surface area contributed by atoms with Crippen molar-refractivity contribution < 1.29 is 24.2 Å². The minimum atomic E-state index is -1.23. The summed E-state index contributed by atoms with van der Waals surface area (Å²) >= 11 is 0. The average Bonchev–Trinajstić information content (AvgIpc) is 2.80. The van der Waals surface area contributed by atoms with E-state index in [2.05, 4.69) is 5.32 Å². The van der Waals surface area contributed by atoms with Crippen molar-refractivity contribution in [3.05, 3.63) is 71.8 Å². The number of rotatable bonds is 9. The quantitative estimate of drug-likeness (QED) is 0.289. The molecule has 0 bridgehead atoms. The molecule has 0 radical (unpaired) electrons. The van der Waals surface area contributed by atoms with E-state index in [4.69, 9.17) is 15.3 Å². The number of alkyl carbamates (subject to hydrolysis) is 1. The maximum atomic E-state index is 12.8. The predicted octanol–water partition coefficient (Wildman–Crippen LogP) is 4.02. The number of ether oxygens (including phenoxy) is 2. The van der Waals surface area contributed by atoms with E-state index in [0.717, 1.165) is 16.1 Å². The molecule has 8 heteroatoms. The Bertz CT molecular complexity index is 915. The van der Waals surface area contributed by atoms with Crippen LogP contribution in [-0.2, 0) is 22.5 Å². The molecule has 2 atom stereocenters. The fourth-order valence-corrected chi connectivity index (χ4v) is 3.50. The van der Waals surface area contributed by atoms with Crippen LogP contribution in [0, 0.1) is 5.92 Å². The summed E-state index contributed by atoms with van der Waals surface area (Å²) in [5.41, 5.74) is -0.0762. The first-order valence-electron chi connectivity index (χ1n) is 11.4. The summed E-state index contributed by atoms with van der Waals surface area (Å²) in [5.74, 6) is 5.60. The third kappa shape index (κ3) is 7.46. The third-order valence-corrected chi connectivity index (χ3v) is 5.80. The molecule has 0 aliphatic rings. The Hall–Kier alpha value is -3.10. The number of carbonyl (C=O) groups is 2. The Kier molecular flexibility index (Phi) is 9.46. The summed E-state index contributed by atoms with van der Waals surface area (Å²) in [4.78, 5) is 25.2. The van der Waals surface area contributed by atoms with Gasteiger partial charge in [0.05, 0.1) is 11.1 Å². The number of nitrogens with one attached hydrogen (secondary N) is 1. The molecule has 0 aliphatic heterocycles. The van der Waals surface area contributed by atoms with E-state index in [9.17, 15) is 14.7 Å². The van der Waals surface area contributed by atoms with Gasteiger partial charge in [-0.05, 0) is 44.2 Å². The first-order chi connectivity index (χ1) is 16.0. The molecule has 0 aromatic heterocycles. The van der Waals surface area contributed by atoms with Gasteiger partial charge in [0.15, 0.2) is 0 Å². The van der Waals surface area contributed by atoms with Gasteiger partial charge in [0.2, 0.25) is 0 Å². The number of aliphatic hydroxyl groups is 1. The number of benzene rings is 2. The second-order valence-electron chi connectivity index (χ2n) is 9.68. The van der Waals surface area contributed by atoms with E-state index in [0.29, 0.717) is 6.42 Å². The maximum absolute atomic E-state index is 12.8. The lowest BCUT2D eigenvalue weighted by Crippen LogP contribution is -2.63. The van der Waals surface area contributed by atoms with Crippen LogP contribution in [0.3, 0.4) is 0 Å². The molecule has 34 heavy (non-hydrogen) atoms. The summed E-state index contributed by atoms with van der Waals surface area (Å²) in [6, 6.07) is 18.8. The van der Waals surface area contributed by atoms with Crippen LogP contribution < -0.4 is 11.2 Å². The number of carbonyl (C=O) groups excluding carboxylic acids is 2. The molecule has 0 unspecified atom stereocenters. The largest absolute Gasteiger partial charge is 0.446 e. The molecule has 2 rings (SSSR count). The van der Waals surface area contributed by atoms with Crippen molar-refractivity contribution in [2.45, 2.75) is 64.8 Å². The highest BCUT2D eigenvalue weighted by atomic mass is 16.6. The highest BCUT2D eigenvalue weighted by Gasteiger charge is 2.44. The number of aliphatic hydroxyl groups excluding tert-OH is 1. The van der Waals surface area contributed by atoms with Gasteiger partial charge in [-0.15, -0.1) is 0 Å². The van der Waals surface area contributed by atoms with Crippen molar-refractivity contribution in [2.75, 3.05) is 6.61 Å². The number of hydrazine groups is 1. The lowest BCUT2D eigenvalue weighted by molar-refractivity contribution is -0.0278. The van der Waals surface area contributed by atoms with Gasteiger partial charge in [0.25, 0.3) is 0 Å². The maximum Gasteiger partial charge on any atom is 0.424 e. The zero-order chi connectivity index (χ0) is 25.4. The normalized spacial score (nSPS) is 14.1. The summed E-state index contributed by atoms with van der Waals surface area (Å²) in [6.45, 7) is 8.80. The second kappa shape index (κ2) is 11.9. The molecule has 4 N–H and O–H groups in total. The van der Waals surface area contributed by atoms with Gasteiger partial charge in [-0.1, -0.05) is 74.5 Å². The molecule has 0 saturated heterocycles. The van der Waals surface area contributed by atoms with Crippen LogP contribution in [0.2, 0.25) is 0 Å². The first-order valence-corrected chi connectivity index (χ1v) is 11.4. The number of amides is 2. The van der Waals surface area contributed by atoms with E-state index in [1.54, 1.807) is 20.8 Å². The van der Waals surface area contributed by atoms with Crippen LogP contribution in [0.25, 0.3) is 0 Å². The molecule has 2 aromatic rings. The number of hydrogen-bond acceptors (Lipinski definition) is 6.